The van der Waals surface area contributed by atoms with Gasteiger partial charge < -0.3 is 9.47 Å². The summed E-state index contributed by atoms with van der Waals surface area (Å²) in [5, 5.41) is 0.0472. The van der Waals surface area contributed by atoms with Crippen molar-refractivity contribution in [1.29, 1.82) is 0 Å². The molecule has 0 unspecified atom stereocenters. The molecule has 0 spiro atoms. The summed E-state index contributed by atoms with van der Waals surface area (Å²) >= 11 is 5.66. The summed E-state index contributed by atoms with van der Waals surface area (Å²) < 4.78 is 23.9. The molecule has 0 aliphatic rings. The first-order chi connectivity index (χ1) is 10.2. The SMILES string of the molecule is COCCOc1ccc(-c2ccc(Cl)c(F)c2)c(C=O)c1. The molecule has 0 heterocycles. The van der Waals surface area contributed by atoms with E-state index in [4.69, 9.17) is 21.1 Å². The van der Waals surface area contributed by atoms with Gasteiger partial charge in [0.25, 0.3) is 0 Å². The Balaban J connectivity index is 2.31. The van der Waals surface area contributed by atoms with Crippen LogP contribution in [0.1, 0.15) is 10.4 Å². The van der Waals surface area contributed by atoms with Crippen LogP contribution in [0.15, 0.2) is 36.4 Å². The van der Waals surface area contributed by atoms with Crippen molar-refractivity contribution < 1.29 is 18.7 Å². The van der Waals surface area contributed by atoms with Crippen molar-refractivity contribution in [2.75, 3.05) is 20.3 Å². The van der Waals surface area contributed by atoms with Gasteiger partial charge >= 0.3 is 0 Å². The maximum absolute atomic E-state index is 13.5. The normalized spacial score (nSPS) is 10.4. The Morgan fingerprint density at radius 2 is 2.00 bits per heavy atom. The van der Waals surface area contributed by atoms with E-state index in [1.54, 1.807) is 31.4 Å². The number of carbonyl (C=O) groups is 1. The molecule has 2 aromatic carbocycles. The van der Waals surface area contributed by atoms with Gasteiger partial charge in [-0.15, -0.1) is 0 Å². The molecule has 3 nitrogen and oxygen atoms in total. The van der Waals surface area contributed by atoms with Crippen molar-refractivity contribution in [3.05, 3.63) is 52.8 Å². The monoisotopic (exact) mass is 308 g/mol. The number of carbonyl (C=O) groups excluding carboxylic acids is 1. The third kappa shape index (κ3) is 3.80. The third-order valence-electron chi connectivity index (χ3n) is 2.94. The summed E-state index contributed by atoms with van der Waals surface area (Å²) in [7, 11) is 1.58. The van der Waals surface area contributed by atoms with Crippen LogP contribution in [0.5, 0.6) is 5.75 Å². The van der Waals surface area contributed by atoms with E-state index in [0.717, 1.165) is 0 Å². The fourth-order valence-corrected chi connectivity index (χ4v) is 2.02. The Morgan fingerprint density at radius 1 is 1.19 bits per heavy atom. The molecule has 5 heteroatoms. The fourth-order valence-electron chi connectivity index (χ4n) is 1.90. The Bertz CT molecular complexity index is 643. The molecule has 0 saturated carbocycles. The molecule has 0 aromatic heterocycles. The predicted octanol–water partition coefficient (Wildman–Crippen LogP) is 3.98. The first-order valence-electron chi connectivity index (χ1n) is 6.32. The smallest absolute Gasteiger partial charge is 0.150 e. The summed E-state index contributed by atoms with van der Waals surface area (Å²) in [5.41, 5.74) is 1.63. The van der Waals surface area contributed by atoms with Crippen LogP contribution in [-0.2, 0) is 4.74 Å². The molecule has 2 aromatic rings. The number of halogens is 2. The van der Waals surface area contributed by atoms with Crippen LogP contribution in [0.3, 0.4) is 0 Å². The van der Waals surface area contributed by atoms with Crippen molar-refractivity contribution in [2.45, 2.75) is 0 Å². The van der Waals surface area contributed by atoms with E-state index in [0.29, 0.717) is 41.9 Å². The van der Waals surface area contributed by atoms with E-state index < -0.39 is 5.82 Å². The molecule has 0 radical (unpaired) electrons. The standard InChI is InChI=1S/C16H14ClFO3/c1-20-6-7-21-13-3-4-14(12(8-13)10-19)11-2-5-15(17)16(18)9-11/h2-5,8-10H,6-7H2,1H3. The van der Waals surface area contributed by atoms with Gasteiger partial charge in [-0.2, -0.15) is 0 Å². The second-order valence-electron chi connectivity index (χ2n) is 4.34. The highest BCUT2D eigenvalue weighted by molar-refractivity contribution is 6.30. The highest BCUT2D eigenvalue weighted by Gasteiger charge is 2.09. The lowest BCUT2D eigenvalue weighted by atomic mass is 10.00. The van der Waals surface area contributed by atoms with Gasteiger partial charge in [-0.05, 0) is 41.5 Å². The highest BCUT2D eigenvalue weighted by Crippen LogP contribution is 2.29. The van der Waals surface area contributed by atoms with Crippen LogP contribution in [0.2, 0.25) is 5.02 Å². The van der Waals surface area contributed by atoms with Gasteiger partial charge in [0.15, 0.2) is 6.29 Å². The minimum absolute atomic E-state index is 0.0472. The molecular weight excluding hydrogens is 295 g/mol. The van der Waals surface area contributed by atoms with Gasteiger partial charge in [0.05, 0.1) is 11.6 Å². The second-order valence-corrected chi connectivity index (χ2v) is 4.74. The Morgan fingerprint density at radius 3 is 2.67 bits per heavy atom. The lowest BCUT2D eigenvalue weighted by molar-refractivity contribution is 0.112. The first kappa shape index (κ1) is 15.5. The van der Waals surface area contributed by atoms with Crippen molar-refractivity contribution in [3.8, 4) is 16.9 Å². The van der Waals surface area contributed by atoms with E-state index in [9.17, 15) is 9.18 Å². The summed E-state index contributed by atoms with van der Waals surface area (Å²) in [6.45, 7) is 0.851. The maximum Gasteiger partial charge on any atom is 0.150 e. The number of rotatable bonds is 6. The minimum Gasteiger partial charge on any atom is -0.491 e. The molecule has 2 rings (SSSR count). The summed E-state index contributed by atoms with van der Waals surface area (Å²) in [6.07, 6.45) is 0.713. The molecule has 0 N–H and O–H groups in total. The zero-order chi connectivity index (χ0) is 15.2. The van der Waals surface area contributed by atoms with E-state index >= 15 is 0 Å². The van der Waals surface area contributed by atoms with Gasteiger partial charge in [-0.3, -0.25) is 4.79 Å². The zero-order valence-corrected chi connectivity index (χ0v) is 12.2. The number of methoxy groups -OCH3 is 1. The largest absolute Gasteiger partial charge is 0.491 e. The quantitative estimate of drug-likeness (QED) is 0.598. The molecule has 110 valence electrons. The van der Waals surface area contributed by atoms with Crippen molar-refractivity contribution in [3.63, 3.8) is 0 Å². The molecule has 0 atom stereocenters. The van der Waals surface area contributed by atoms with Crippen molar-refractivity contribution >= 4 is 17.9 Å². The van der Waals surface area contributed by atoms with Gasteiger partial charge in [-0.1, -0.05) is 17.7 Å². The Kier molecular flexibility index (Phi) is 5.31. The van der Waals surface area contributed by atoms with E-state index in [-0.39, 0.29) is 5.02 Å². The predicted molar refractivity (Wildman–Crippen MR) is 79.6 cm³/mol. The number of benzene rings is 2. The molecule has 0 aliphatic carbocycles. The minimum atomic E-state index is -0.522. The zero-order valence-electron chi connectivity index (χ0n) is 11.4. The molecule has 0 aliphatic heterocycles. The molecule has 0 amide bonds. The van der Waals surface area contributed by atoms with Gasteiger partial charge in [0, 0.05) is 12.7 Å². The van der Waals surface area contributed by atoms with Crippen LogP contribution in [0.4, 0.5) is 4.39 Å². The van der Waals surface area contributed by atoms with Crippen molar-refractivity contribution in [2.24, 2.45) is 0 Å². The molecule has 21 heavy (non-hydrogen) atoms. The number of aldehydes is 1. The molecular formula is C16H14ClFO3. The van der Waals surface area contributed by atoms with E-state index in [1.807, 2.05) is 0 Å². The van der Waals surface area contributed by atoms with Crippen LogP contribution in [0, 0.1) is 5.82 Å². The van der Waals surface area contributed by atoms with Crippen LogP contribution in [0.25, 0.3) is 11.1 Å². The van der Waals surface area contributed by atoms with E-state index in [2.05, 4.69) is 0 Å². The van der Waals surface area contributed by atoms with Gasteiger partial charge in [-0.25, -0.2) is 4.39 Å². The Labute approximate surface area is 127 Å². The summed E-state index contributed by atoms with van der Waals surface area (Å²) in [4.78, 5) is 11.2. The van der Waals surface area contributed by atoms with Crippen LogP contribution in [-0.4, -0.2) is 26.6 Å². The first-order valence-corrected chi connectivity index (χ1v) is 6.70. The maximum atomic E-state index is 13.5. The van der Waals surface area contributed by atoms with Crippen LogP contribution >= 0.6 is 11.6 Å². The third-order valence-corrected chi connectivity index (χ3v) is 3.24. The molecule has 0 bridgehead atoms. The van der Waals surface area contributed by atoms with Crippen LogP contribution < -0.4 is 4.74 Å². The average molecular weight is 309 g/mol. The number of hydrogen-bond donors (Lipinski definition) is 0. The lowest BCUT2D eigenvalue weighted by Gasteiger charge is -2.10. The Hall–Kier alpha value is -1.91. The second kappa shape index (κ2) is 7.20. The average Bonchev–Trinajstić information content (AvgIpc) is 2.50. The fraction of sp³-hybridized carbons (Fsp3) is 0.188. The number of ether oxygens (including phenoxy) is 2. The summed E-state index contributed by atoms with van der Waals surface area (Å²) in [6, 6.07) is 9.49. The lowest BCUT2D eigenvalue weighted by Crippen LogP contribution is -2.04. The molecule has 0 fully saturated rings. The summed E-state index contributed by atoms with van der Waals surface area (Å²) in [5.74, 6) is 0.0405. The number of hydrogen-bond acceptors (Lipinski definition) is 3. The topological polar surface area (TPSA) is 35.5 Å². The highest BCUT2D eigenvalue weighted by atomic mass is 35.5. The van der Waals surface area contributed by atoms with Gasteiger partial charge in [0.2, 0.25) is 0 Å². The van der Waals surface area contributed by atoms with Crippen molar-refractivity contribution in [1.82, 2.24) is 0 Å². The molecule has 0 saturated heterocycles. The van der Waals surface area contributed by atoms with E-state index in [1.165, 1.54) is 12.1 Å². The van der Waals surface area contributed by atoms with Gasteiger partial charge in [0.1, 0.15) is 18.2 Å².